The summed E-state index contributed by atoms with van der Waals surface area (Å²) in [6, 6.07) is 16.0. The summed E-state index contributed by atoms with van der Waals surface area (Å²) in [4.78, 5) is 34.5. The van der Waals surface area contributed by atoms with Gasteiger partial charge in [0.2, 0.25) is 11.9 Å². The molecule has 3 aromatic heterocycles. The van der Waals surface area contributed by atoms with Crippen LogP contribution < -0.4 is 15.8 Å². The molecule has 6 nitrogen and oxygen atoms in total. The summed E-state index contributed by atoms with van der Waals surface area (Å²) in [6.45, 7) is 2.47. The third-order valence-corrected chi connectivity index (χ3v) is 7.88. The first-order valence-electron chi connectivity index (χ1n) is 11.3. The molecule has 0 radical (unpaired) electrons. The lowest BCUT2D eigenvalue weighted by Gasteiger charge is -2.34. The number of nitrogens with zero attached hydrogens (tertiary/aromatic N) is 3. The van der Waals surface area contributed by atoms with Gasteiger partial charge < -0.3 is 10.2 Å². The van der Waals surface area contributed by atoms with Crippen molar-refractivity contribution in [2.75, 3.05) is 24.5 Å². The molecule has 4 heterocycles. The van der Waals surface area contributed by atoms with Crippen molar-refractivity contribution in [2.45, 2.75) is 25.8 Å². The number of carbonyl (C=O) groups is 1. The van der Waals surface area contributed by atoms with Crippen molar-refractivity contribution in [3.8, 4) is 0 Å². The van der Waals surface area contributed by atoms with Gasteiger partial charge in [-0.15, -0.1) is 22.7 Å². The van der Waals surface area contributed by atoms with Crippen LogP contribution in [0.3, 0.4) is 0 Å². The minimum atomic E-state index is -0.109. The zero-order chi connectivity index (χ0) is 22.6. The van der Waals surface area contributed by atoms with Crippen molar-refractivity contribution in [3.05, 3.63) is 80.1 Å². The average molecular weight is 479 g/mol. The second-order valence-corrected chi connectivity index (χ2v) is 10.3. The molecule has 1 aliphatic heterocycles. The van der Waals surface area contributed by atoms with Crippen LogP contribution in [0.25, 0.3) is 10.2 Å². The lowest BCUT2D eigenvalue weighted by Crippen LogP contribution is -2.45. The van der Waals surface area contributed by atoms with Crippen LogP contribution in [0.15, 0.2) is 64.1 Å². The number of benzene rings is 1. The molecule has 1 atom stereocenters. The lowest BCUT2D eigenvalue weighted by molar-refractivity contribution is -0.125. The average Bonchev–Trinajstić information content (AvgIpc) is 3.54. The fraction of sp³-hybridized carbons (Fsp3) is 0.320. The molecule has 5 rings (SSSR count). The van der Waals surface area contributed by atoms with E-state index in [2.05, 4.69) is 21.7 Å². The number of aromatic nitrogens is 2. The summed E-state index contributed by atoms with van der Waals surface area (Å²) in [7, 11) is 0. The first kappa shape index (κ1) is 21.9. The molecular weight excluding hydrogens is 452 g/mol. The number of hydrogen-bond acceptors (Lipinski definition) is 6. The van der Waals surface area contributed by atoms with Crippen LogP contribution in [0.4, 0.5) is 5.95 Å². The number of anilines is 1. The second kappa shape index (κ2) is 9.89. The van der Waals surface area contributed by atoms with Gasteiger partial charge in [0, 0.05) is 24.5 Å². The highest BCUT2D eigenvalue weighted by atomic mass is 32.1. The summed E-state index contributed by atoms with van der Waals surface area (Å²) in [5, 5.41) is 7.08. The van der Waals surface area contributed by atoms with E-state index in [0.29, 0.717) is 30.3 Å². The molecule has 1 saturated heterocycles. The number of rotatable bonds is 7. The summed E-state index contributed by atoms with van der Waals surface area (Å²) >= 11 is 3.14. The summed E-state index contributed by atoms with van der Waals surface area (Å²) < 4.78 is 2.44. The Morgan fingerprint density at radius 2 is 1.97 bits per heavy atom. The van der Waals surface area contributed by atoms with Gasteiger partial charge in [-0.1, -0.05) is 36.4 Å². The molecule has 170 valence electrons. The predicted molar refractivity (Wildman–Crippen MR) is 135 cm³/mol. The molecule has 0 aliphatic carbocycles. The van der Waals surface area contributed by atoms with E-state index in [4.69, 9.17) is 4.98 Å². The van der Waals surface area contributed by atoms with Crippen LogP contribution >= 0.6 is 22.7 Å². The normalized spacial score (nSPS) is 16.2. The lowest BCUT2D eigenvalue weighted by atomic mass is 9.97. The fourth-order valence-electron chi connectivity index (χ4n) is 4.36. The third kappa shape index (κ3) is 4.86. The fourth-order valence-corrected chi connectivity index (χ4v) is 5.85. The molecule has 1 aromatic carbocycles. The molecule has 0 bridgehead atoms. The second-order valence-electron chi connectivity index (χ2n) is 8.33. The van der Waals surface area contributed by atoms with Crippen LogP contribution in [0.1, 0.15) is 23.3 Å². The Morgan fingerprint density at radius 1 is 1.09 bits per heavy atom. The Bertz CT molecular complexity index is 1280. The molecule has 1 amide bonds. The highest BCUT2D eigenvalue weighted by Gasteiger charge is 2.28. The van der Waals surface area contributed by atoms with Crippen molar-refractivity contribution < 1.29 is 4.79 Å². The van der Waals surface area contributed by atoms with Gasteiger partial charge in [-0.3, -0.25) is 14.2 Å². The van der Waals surface area contributed by atoms with Crippen LogP contribution in [0.5, 0.6) is 0 Å². The SMILES string of the molecule is O=C(NCCc1cccs1)[C@@H]1CCCN(c2nc3ccsc3c(=O)n2Cc2ccccc2)C1. The number of piperidine rings is 1. The third-order valence-electron chi connectivity index (χ3n) is 6.05. The zero-order valence-electron chi connectivity index (χ0n) is 18.3. The van der Waals surface area contributed by atoms with Crippen molar-refractivity contribution in [1.29, 1.82) is 0 Å². The van der Waals surface area contributed by atoms with Crippen LogP contribution in [0, 0.1) is 5.92 Å². The maximum atomic E-state index is 13.4. The standard InChI is InChI=1S/C25H26N4O2S2/c30-23(26-12-10-20-9-5-14-32-20)19-8-4-13-28(17-19)25-27-21-11-15-33-22(21)24(31)29(25)16-18-6-2-1-3-7-18/h1-3,5-7,9,11,14-15,19H,4,8,10,12-13,16-17H2,(H,26,30)/t19-/m1/s1. The van der Waals surface area contributed by atoms with Gasteiger partial charge in [-0.2, -0.15) is 0 Å². The smallest absolute Gasteiger partial charge is 0.273 e. The highest BCUT2D eigenvalue weighted by Crippen LogP contribution is 2.25. The number of fused-ring (bicyclic) bond motifs is 1. The van der Waals surface area contributed by atoms with Crippen LogP contribution in [-0.4, -0.2) is 35.1 Å². The first-order valence-corrected chi connectivity index (χ1v) is 13.0. The number of carbonyl (C=O) groups excluding carboxylic acids is 1. The van der Waals surface area contributed by atoms with E-state index in [1.54, 1.807) is 15.9 Å². The van der Waals surface area contributed by atoms with E-state index in [0.717, 1.165) is 36.9 Å². The Morgan fingerprint density at radius 3 is 2.79 bits per heavy atom. The van der Waals surface area contributed by atoms with E-state index in [-0.39, 0.29) is 17.4 Å². The van der Waals surface area contributed by atoms with E-state index in [1.807, 2.05) is 47.8 Å². The van der Waals surface area contributed by atoms with Gasteiger partial charge in [0.25, 0.3) is 5.56 Å². The molecule has 1 N–H and O–H groups in total. The maximum Gasteiger partial charge on any atom is 0.273 e. The van der Waals surface area contributed by atoms with Gasteiger partial charge in [0.1, 0.15) is 4.70 Å². The minimum Gasteiger partial charge on any atom is -0.355 e. The van der Waals surface area contributed by atoms with E-state index in [9.17, 15) is 9.59 Å². The van der Waals surface area contributed by atoms with Gasteiger partial charge in [0.05, 0.1) is 18.0 Å². The van der Waals surface area contributed by atoms with E-state index >= 15 is 0 Å². The van der Waals surface area contributed by atoms with E-state index < -0.39 is 0 Å². The largest absolute Gasteiger partial charge is 0.355 e. The number of amides is 1. The Kier molecular flexibility index (Phi) is 6.55. The summed E-state index contributed by atoms with van der Waals surface area (Å²) in [6.07, 6.45) is 2.60. The predicted octanol–water partition coefficient (Wildman–Crippen LogP) is 4.14. The zero-order valence-corrected chi connectivity index (χ0v) is 19.9. The molecule has 1 aliphatic rings. The Labute approximate surface area is 200 Å². The number of thiophene rings is 2. The molecular formula is C25H26N4O2S2. The molecule has 0 saturated carbocycles. The number of nitrogens with one attached hydrogen (secondary N) is 1. The highest BCUT2D eigenvalue weighted by molar-refractivity contribution is 7.17. The van der Waals surface area contributed by atoms with Crippen molar-refractivity contribution >= 4 is 44.7 Å². The molecule has 33 heavy (non-hydrogen) atoms. The van der Waals surface area contributed by atoms with Crippen LogP contribution in [-0.2, 0) is 17.8 Å². The molecule has 0 spiro atoms. The molecule has 1 fully saturated rings. The minimum absolute atomic E-state index is 0.0172. The maximum absolute atomic E-state index is 13.4. The first-order chi connectivity index (χ1) is 16.2. The van der Waals surface area contributed by atoms with Crippen molar-refractivity contribution in [3.63, 3.8) is 0 Å². The topological polar surface area (TPSA) is 67.2 Å². The summed E-state index contributed by atoms with van der Waals surface area (Å²) in [5.41, 5.74) is 1.77. The van der Waals surface area contributed by atoms with Crippen molar-refractivity contribution in [1.82, 2.24) is 14.9 Å². The van der Waals surface area contributed by atoms with Crippen LogP contribution in [0.2, 0.25) is 0 Å². The summed E-state index contributed by atoms with van der Waals surface area (Å²) in [5.74, 6) is 0.637. The quantitative estimate of drug-likeness (QED) is 0.434. The molecule has 0 unspecified atom stereocenters. The molecule has 8 heteroatoms. The molecule has 4 aromatic rings. The Balaban J connectivity index is 1.36. The monoisotopic (exact) mass is 478 g/mol. The van der Waals surface area contributed by atoms with Gasteiger partial charge in [-0.25, -0.2) is 4.98 Å². The van der Waals surface area contributed by atoms with E-state index in [1.165, 1.54) is 16.2 Å². The van der Waals surface area contributed by atoms with Crippen molar-refractivity contribution in [2.24, 2.45) is 5.92 Å². The number of hydrogen-bond donors (Lipinski definition) is 1. The van der Waals surface area contributed by atoms with Gasteiger partial charge in [-0.05, 0) is 47.7 Å². The Hall–Kier alpha value is -2.97. The van der Waals surface area contributed by atoms with Gasteiger partial charge >= 0.3 is 0 Å². The van der Waals surface area contributed by atoms with Gasteiger partial charge in [0.15, 0.2) is 0 Å².